The molecular weight excluding hydrogens is 630 g/mol. The topological polar surface area (TPSA) is 186 Å². The van der Waals surface area contributed by atoms with E-state index in [0.717, 1.165) is 0 Å². The van der Waals surface area contributed by atoms with E-state index in [2.05, 4.69) is 16.0 Å². The number of β-lactam (4-membered cyclic amide) rings is 1. The monoisotopic (exact) mass is 661 g/mol. The van der Waals surface area contributed by atoms with E-state index >= 15 is 0 Å². The van der Waals surface area contributed by atoms with Crippen LogP contribution in [0.5, 0.6) is 0 Å². The molecule has 0 spiro atoms. The van der Waals surface area contributed by atoms with E-state index in [9.17, 15) is 34.1 Å². The second-order valence-electron chi connectivity index (χ2n) is 11.2. The van der Waals surface area contributed by atoms with Crippen LogP contribution in [0.1, 0.15) is 36.6 Å². The van der Waals surface area contributed by atoms with Crippen LogP contribution in [0.2, 0.25) is 0 Å². The molecule has 244 valence electrons. The highest BCUT2D eigenvalue weighted by molar-refractivity contribution is 8.01. The van der Waals surface area contributed by atoms with Crippen LogP contribution in [-0.4, -0.2) is 61.9 Å². The molecule has 2 saturated heterocycles. The first kappa shape index (κ1) is 32.9. The number of carbonyl (C=O) groups excluding carboxylic acids is 5. The maximum atomic E-state index is 13.6. The smallest absolute Gasteiger partial charge is 0.408 e. The Bertz CT molecular complexity index is 1670. The van der Waals surface area contributed by atoms with Gasteiger partial charge in [0.2, 0.25) is 18.0 Å². The lowest BCUT2D eigenvalue weighted by atomic mass is 9.88. The van der Waals surface area contributed by atoms with Gasteiger partial charge in [0.15, 0.2) is 0 Å². The number of esters is 1. The molecule has 0 aliphatic carbocycles. The molecule has 1 unspecified atom stereocenters. The number of thioether (sulfide) groups is 1. The molecule has 4 atom stereocenters. The summed E-state index contributed by atoms with van der Waals surface area (Å²) in [4.78, 5) is 77.0. The summed E-state index contributed by atoms with van der Waals surface area (Å²) in [6.07, 6.45) is -0.605. The number of nitro benzene ring substituents is 1. The lowest BCUT2D eigenvalue weighted by Crippen LogP contribution is -2.80. The van der Waals surface area contributed by atoms with Gasteiger partial charge in [0.05, 0.1) is 9.67 Å². The Morgan fingerprint density at radius 2 is 1.55 bits per heavy atom. The largest absolute Gasteiger partial charge is 0.458 e. The second-order valence-corrected chi connectivity index (χ2v) is 13.0. The number of hydrogen-bond donors (Lipinski definition) is 3. The number of benzene rings is 3. The molecule has 5 rings (SSSR count). The van der Waals surface area contributed by atoms with Crippen LogP contribution in [0, 0.1) is 10.1 Å². The zero-order valence-electron chi connectivity index (χ0n) is 25.3. The SMILES string of the molecule is CC1(C)S[C@@H]2[C@H](NC(=O)C(NC(=O)OCc3ccc([N+](=O)[O-])cc3)c3ccccc3)C(=O)N2[C@@]1(NC=O)C(=O)OCc1ccccc1. The Kier molecular flexibility index (Phi) is 9.46. The van der Waals surface area contributed by atoms with Crippen molar-refractivity contribution in [3.8, 4) is 0 Å². The van der Waals surface area contributed by atoms with Crippen LogP contribution < -0.4 is 16.0 Å². The number of alkyl carbamates (subject to hydrolysis) is 1. The van der Waals surface area contributed by atoms with Crippen molar-refractivity contribution in [2.24, 2.45) is 0 Å². The van der Waals surface area contributed by atoms with Gasteiger partial charge in [-0.15, -0.1) is 11.8 Å². The Balaban J connectivity index is 1.29. The number of amides is 4. The molecule has 0 bridgehead atoms. The van der Waals surface area contributed by atoms with Crippen LogP contribution in [0.15, 0.2) is 84.9 Å². The number of carbonyl (C=O) groups is 5. The summed E-state index contributed by atoms with van der Waals surface area (Å²) >= 11 is 1.21. The minimum absolute atomic E-state index is 0.0830. The van der Waals surface area contributed by atoms with Gasteiger partial charge in [0.25, 0.3) is 11.6 Å². The minimum Gasteiger partial charge on any atom is -0.458 e. The number of nitro groups is 1. The first-order chi connectivity index (χ1) is 22.5. The third-order valence-electron chi connectivity index (χ3n) is 7.94. The number of nitrogens with one attached hydrogen (secondary N) is 3. The van der Waals surface area contributed by atoms with E-state index < -0.39 is 56.7 Å². The lowest BCUT2D eigenvalue weighted by molar-refractivity contribution is -0.384. The molecule has 3 N–H and O–H groups in total. The Labute approximate surface area is 273 Å². The first-order valence-corrected chi connectivity index (χ1v) is 15.3. The molecule has 3 aromatic carbocycles. The van der Waals surface area contributed by atoms with Crippen molar-refractivity contribution < 1.29 is 38.4 Å². The van der Waals surface area contributed by atoms with Gasteiger partial charge in [-0.25, -0.2) is 9.59 Å². The number of ether oxygens (including phenoxy) is 2. The average molecular weight is 662 g/mol. The summed E-state index contributed by atoms with van der Waals surface area (Å²) in [5, 5.41) is 17.9. The predicted molar refractivity (Wildman–Crippen MR) is 168 cm³/mol. The third kappa shape index (κ3) is 6.47. The van der Waals surface area contributed by atoms with Crippen LogP contribution >= 0.6 is 11.8 Å². The Morgan fingerprint density at radius 3 is 2.17 bits per heavy atom. The molecule has 47 heavy (non-hydrogen) atoms. The highest BCUT2D eigenvalue weighted by atomic mass is 32.2. The maximum Gasteiger partial charge on any atom is 0.408 e. The van der Waals surface area contributed by atoms with E-state index in [-0.39, 0.29) is 18.9 Å². The quantitative estimate of drug-likeness (QED) is 0.0857. The molecule has 2 heterocycles. The molecule has 0 saturated carbocycles. The van der Waals surface area contributed by atoms with E-state index in [1.807, 2.05) is 6.07 Å². The zero-order chi connectivity index (χ0) is 33.8. The molecule has 4 amide bonds. The fraction of sp³-hybridized carbons (Fsp3) is 0.281. The van der Waals surface area contributed by atoms with Crippen molar-refractivity contribution in [3.63, 3.8) is 0 Å². The van der Waals surface area contributed by atoms with Gasteiger partial charge in [-0.2, -0.15) is 0 Å². The van der Waals surface area contributed by atoms with Gasteiger partial charge < -0.3 is 25.4 Å². The van der Waals surface area contributed by atoms with Gasteiger partial charge >= 0.3 is 12.1 Å². The lowest BCUT2D eigenvalue weighted by Gasteiger charge is -2.49. The van der Waals surface area contributed by atoms with Crippen molar-refractivity contribution >= 4 is 47.7 Å². The summed E-state index contributed by atoms with van der Waals surface area (Å²) < 4.78 is 9.77. The highest BCUT2D eigenvalue weighted by Gasteiger charge is 2.74. The fourth-order valence-corrected chi connectivity index (χ4v) is 7.22. The van der Waals surface area contributed by atoms with Crippen LogP contribution in [0.3, 0.4) is 0 Å². The van der Waals surface area contributed by atoms with Gasteiger partial charge in [-0.1, -0.05) is 60.7 Å². The van der Waals surface area contributed by atoms with Crippen LogP contribution in [0.4, 0.5) is 10.5 Å². The first-order valence-electron chi connectivity index (χ1n) is 14.4. The van der Waals surface area contributed by atoms with E-state index in [4.69, 9.17) is 9.47 Å². The number of rotatable bonds is 12. The van der Waals surface area contributed by atoms with Gasteiger partial charge in [-0.05, 0) is 42.7 Å². The molecule has 2 aliphatic heterocycles. The maximum absolute atomic E-state index is 13.6. The highest BCUT2D eigenvalue weighted by Crippen LogP contribution is 2.56. The number of hydrogen-bond acceptors (Lipinski definition) is 10. The number of nitrogens with zero attached hydrogens (tertiary/aromatic N) is 2. The molecule has 3 aromatic rings. The Hall–Kier alpha value is -5.44. The van der Waals surface area contributed by atoms with Crippen LogP contribution in [0.25, 0.3) is 0 Å². The molecule has 0 aromatic heterocycles. The summed E-state index contributed by atoms with van der Waals surface area (Å²) in [7, 11) is 0. The number of fused-ring (bicyclic) bond motifs is 1. The van der Waals surface area contributed by atoms with Crippen molar-refractivity contribution in [3.05, 3.63) is 112 Å². The molecule has 15 heteroatoms. The van der Waals surface area contributed by atoms with E-state index in [0.29, 0.717) is 23.1 Å². The van der Waals surface area contributed by atoms with Crippen molar-refractivity contribution in [2.75, 3.05) is 0 Å². The zero-order valence-corrected chi connectivity index (χ0v) is 26.1. The molecule has 2 fully saturated rings. The minimum atomic E-state index is -1.85. The van der Waals surface area contributed by atoms with Crippen LogP contribution in [-0.2, 0) is 41.9 Å². The summed E-state index contributed by atoms with van der Waals surface area (Å²) in [5.41, 5.74) is -0.359. The predicted octanol–water partition coefficient (Wildman–Crippen LogP) is 2.93. The van der Waals surface area contributed by atoms with Gasteiger partial charge in [-0.3, -0.25) is 29.4 Å². The standard InChI is InChI=1S/C32H31N5O9S/c1-31(2)32(33-19-38,29(41)45-17-20-9-5-3-6-10-20)36-27(40)25(28(36)47-31)34-26(39)24(22-11-7-4-8-12-22)35-30(42)46-18-21-13-15-23(16-14-21)37(43)44/h3-16,19,24-25,28H,17-18H2,1-2H3,(H,33,38)(H,34,39)(H,35,42)/t24?,25-,28-,32+/m1/s1. The van der Waals surface area contributed by atoms with Crippen molar-refractivity contribution in [2.45, 2.75) is 54.9 Å². The second kappa shape index (κ2) is 13.5. The summed E-state index contributed by atoms with van der Waals surface area (Å²) in [6.45, 7) is 3.08. The van der Waals surface area contributed by atoms with Gasteiger partial charge in [0.1, 0.15) is 30.7 Å². The normalized spacial score (nSPS) is 21.3. The van der Waals surface area contributed by atoms with E-state index in [1.165, 1.54) is 40.9 Å². The molecular formula is C32H31N5O9S. The average Bonchev–Trinajstić information content (AvgIpc) is 3.28. The Morgan fingerprint density at radius 1 is 0.957 bits per heavy atom. The number of non-ortho nitro benzene ring substituents is 1. The van der Waals surface area contributed by atoms with Crippen molar-refractivity contribution in [1.82, 2.24) is 20.9 Å². The molecule has 2 aliphatic rings. The fourth-order valence-electron chi connectivity index (χ4n) is 5.52. The van der Waals surface area contributed by atoms with Gasteiger partial charge in [0, 0.05) is 12.1 Å². The van der Waals surface area contributed by atoms with E-state index in [1.54, 1.807) is 68.4 Å². The summed E-state index contributed by atoms with van der Waals surface area (Å²) in [6, 6.07) is 20.3. The molecule has 14 nitrogen and oxygen atoms in total. The third-order valence-corrected chi connectivity index (χ3v) is 9.55. The summed E-state index contributed by atoms with van der Waals surface area (Å²) in [5.74, 6) is -2.17. The van der Waals surface area contributed by atoms with Crippen molar-refractivity contribution in [1.29, 1.82) is 0 Å². The molecule has 0 radical (unpaired) electrons.